The predicted molar refractivity (Wildman–Crippen MR) is 51.2 cm³/mol. The zero-order chi connectivity index (χ0) is 10.3. The van der Waals surface area contributed by atoms with E-state index in [4.69, 9.17) is 9.84 Å². The molecule has 0 saturated carbocycles. The van der Waals surface area contributed by atoms with Crippen LogP contribution in [0.25, 0.3) is 0 Å². The standard InChI is InChI=1S/C10H16O3/c1-4-8(3)10(12)13-7-9(5-2)6-11/h4-5,11H,6-7H2,1-3H3. The molecule has 74 valence electrons. The second-order valence-electron chi connectivity index (χ2n) is 2.65. The number of esters is 1. The van der Waals surface area contributed by atoms with Crippen molar-refractivity contribution in [2.24, 2.45) is 0 Å². The van der Waals surface area contributed by atoms with E-state index in [0.717, 1.165) is 0 Å². The lowest BCUT2D eigenvalue weighted by Crippen LogP contribution is -2.10. The van der Waals surface area contributed by atoms with Crippen LogP contribution in [0, 0.1) is 0 Å². The molecule has 13 heavy (non-hydrogen) atoms. The molecular weight excluding hydrogens is 168 g/mol. The predicted octanol–water partition coefficient (Wildman–Crippen LogP) is 1.43. The maximum atomic E-state index is 11.1. The van der Waals surface area contributed by atoms with Gasteiger partial charge in [0.05, 0.1) is 6.61 Å². The molecule has 0 saturated heterocycles. The Morgan fingerprint density at radius 3 is 2.38 bits per heavy atom. The molecule has 0 spiro atoms. The summed E-state index contributed by atoms with van der Waals surface area (Å²) in [5, 5.41) is 8.76. The average Bonchev–Trinajstić information content (AvgIpc) is 2.17. The van der Waals surface area contributed by atoms with Crippen molar-refractivity contribution in [3.05, 3.63) is 23.3 Å². The van der Waals surface area contributed by atoms with Gasteiger partial charge in [0, 0.05) is 5.57 Å². The first-order valence-corrected chi connectivity index (χ1v) is 4.20. The van der Waals surface area contributed by atoms with E-state index in [9.17, 15) is 4.79 Å². The normalized spacial score (nSPS) is 12.9. The van der Waals surface area contributed by atoms with Crippen molar-refractivity contribution in [1.82, 2.24) is 0 Å². The summed E-state index contributed by atoms with van der Waals surface area (Å²) in [5.41, 5.74) is 1.28. The molecule has 0 heterocycles. The van der Waals surface area contributed by atoms with Crippen molar-refractivity contribution in [3.8, 4) is 0 Å². The van der Waals surface area contributed by atoms with Crippen LogP contribution in [0.4, 0.5) is 0 Å². The molecule has 0 aromatic heterocycles. The minimum atomic E-state index is -0.338. The van der Waals surface area contributed by atoms with Crippen LogP contribution in [0.2, 0.25) is 0 Å². The Hall–Kier alpha value is -1.09. The molecule has 0 aliphatic heterocycles. The molecule has 0 rings (SSSR count). The zero-order valence-electron chi connectivity index (χ0n) is 8.33. The minimum Gasteiger partial charge on any atom is -0.458 e. The molecule has 0 atom stereocenters. The van der Waals surface area contributed by atoms with Crippen LogP contribution in [0.3, 0.4) is 0 Å². The lowest BCUT2D eigenvalue weighted by Gasteiger charge is -2.05. The summed E-state index contributed by atoms with van der Waals surface area (Å²) in [6.45, 7) is 5.35. The fraction of sp³-hybridized carbons (Fsp3) is 0.500. The lowest BCUT2D eigenvalue weighted by atomic mass is 10.3. The van der Waals surface area contributed by atoms with E-state index in [2.05, 4.69) is 0 Å². The van der Waals surface area contributed by atoms with Gasteiger partial charge < -0.3 is 9.84 Å². The first-order valence-electron chi connectivity index (χ1n) is 4.20. The fourth-order valence-corrected chi connectivity index (χ4v) is 0.610. The van der Waals surface area contributed by atoms with Gasteiger partial charge in [-0.05, 0) is 26.3 Å². The number of hydrogen-bond acceptors (Lipinski definition) is 3. The number of carbonyl (C=O) groups is 1. The maximum absolute atomic E-state index is 11.1. The van der Waals surface area contributed by atoms with E-state index in [0.29, 0.717) is 11.1 Å². The molecule has 0 unspecified atom stereocenters. The Balaban J connectivity index is 3.97. The smallest absolute Gasteiger partial charge is 0.333 e. The molecule has 0 radical (unpaired) electrons. The molecule has 0 bridgehead atoms. The summed E-state index contributed by atoms with van der Waals surface area (Å²) in [6, 6.07) is 0. The van der Waals surface area contributed by atoms with Gasteiger partial charge in [-0.2, -0.15) is 0 Å². The number of aliphatic hydroxyl groups is 1. The number of rotatable bonds is 4. The third kappa shape index (κ3) is 4.48. The minimum absolute atomic E-state index is 0.0708. The summed E-state index contributed by atoms with van der Waals surface area (Å²) in [5.74, 6) is -0.338. The van der Waals surface area contributed by atoms with E-state index in [-0.39, 0.29) is 19.2 Å². The molecule has 0 aromatic rings. The molecular formula is C10H16O3. The summed E-state index contributed by atoms with van der Waals surface area (Å²) in [7, 11) is 0. The summed E-state index contributed by atoms with van der Waals surface area (Å²) < 4.78 is 4.90. The zero-order valence-corrected chi connectivity index (χ0v) is 8.33. The first-order chi connectivity index (χ1) is 6.15. The number of allylic oxidation sites excluding steroid dienone is 2. The Morgan fingerprint density at radius 1 is 1.38 bits per heavy atom. The van der Waals surface area contributed by atoms with Crippen LogP contribution in [0.1, 0.15) is 20.8 Å². The van der Waals surface area contributed by atoms with Gasteiger partial charge >= 0.3 is 5.97 Å². The highest BCUT2D eigenvalue weighted by atomic mass is 16.5. The van der Waals surface area contributed by atoms with Gasteiger partial charge in [0.25, 0.3) is 0 Å². The largest absolute Gasteiger partial charge is 0.458 e. The molecule has 0 amide bonds. The topological polar surface area (TPSA) is 46.5 Å². The summed E-state index contributed by atoms with van der Waals surface area (Å²) in [4.78, 5) is 11.1. The Labute approximate surface area is 78.7 Å². The second kappa shape index (κ2) is 6.43. The van der Waals surface area contributed by atoms with Gasteiger partial charge in [-0.1, -0.05) is 12.2 Å². The molecule has 1 N–H and O–H groups in total. The monoisotopic (exact) mass is 184 g/mol. The molecule has 3 nitrogen and oxygen atoms in total. The number of carbonyl (C=O) groups excluding carboxylic acids is 1. The van der Waals surface area contributed by atoms with Gasteiger partial charge in [0.1, 0.15) is 6.61 Å². The van der Waals surface area contributed by atoms with Gasteiger partial charge in [-0.15, -0.1) is 0 Å². The SMILES string of the molecule is CC=C(CO)COC(=O)C(C)=CC. The number of aliphatic hydroxyl groups excluding tert-OH is 1. The van der Waals surface area contributed by atoms with Crippen molar-refractivity contribution in [2.45, 2.75) is 20.8 Å². The quantitative estimate of drug-likeness (QED) is 0.408. The highest BCUT2D eigenvalue weighted by molar-refractivity contribution is 5.87. The molecule has 0 aliphatic carbocycles. The van der Waals surface area contributed by atoms with Crippen LogP contribution in [0.15, 0.2) is 23.3 Å². The van der Waals surface area contributed by atoms with Crippen molar-refractivity contribution in [1.29, 1.82) is 0 Å². The lowest BCUT2D eigenvalue weighted by molar-refractivity contribution is -0.138. The van der Waals surface area contributed by atoms with Crippen molar-refractivity contribution >= 4 is 5.97 Å². The molecule has 0 fully saturated rings. The van der Waals surface area contributed by atoms with Gasteiger partial charge in [-0.3, -0.25) is 0 Å². The van der Waals surface area contributed by atoms with E-state index in [1.54, 1.807) is 32.9 Å². The van der Waals surface area contributed by atoms with Crippen LogP contribution in [0.5, 0.6) is 0 Å². The highest BCUT2D eigenvalue weighted by Crippen LogP contribution is 1.99. The molecule has 0 aromatic carbocycles. The van der Waals surface area contributed by atoms with Gasteiger partial charge in [-0.25, -0.2) is 4.79 Å². The van der Waals surface area contributed by atoms with E-state index in [1.165, 1.54) is 0 Å². The van der Waals surface area contributed by atoms with Crippen LogP contribution >= 0.6 is 0 Å². The van der Waals surface area contributed by atoms with Crippen LogP contribution in [-0.2, 0) is 9.53 Å². The summed E-state index contributed by atoms with van der Waals surface area (Å²) >= 11 is 0. The molecule has 0 aliphatic rings. The fourth-order valence-electron chi connectivity index (χ4n) is 0.610. The third-order valence-corrected chi connectivity index (χ3v) is 1.75. The average molecular weight is 184 g/mol. The summed E-state index contributed by atoms with van der Waals surface area (Å²) in [6.07, 6.45) is 3.43. The Morgan fingerprint density at radius 2 is 2.00 bits per heavy atom. The second-order valence-corrected chi connectivity index (χ2v) is 2.65. The van der Waals surface area contributed by atoms with Gasteiger partial charge in [0.2, 0.25) is 0 Å². The Bertz CT molecular complexity index is 226. The number of ether oxygens (including phenoxy) is 1. The van der Waals surface area contributed by atoms with Crippen LogP contribution < -0.4 is 0 Å². The first kappa shape index (κ1) is 11.9. The highest BCUT2D eigenvalue weighted by Gasteiger charge is 2.04. The van der Waals surface area contributed by atoms with Crippen molar-refractivity contribution in [3.63, 3.8) is 0 Å². The Kier molecular flexibility index (Phi) is 5.89. The van der Waals surface area contributed by atoms with Crippen LogP contribution in [-0.4, -0.2) is 24.3 Å². The van der Waals surface area contributed by atoms with Gasteiger partial charge in [0.15, 0.2) is 0 Å². The van der Waals surface area contributed by atoms with E-state index >= 15 is 0 Å². The van der Waals surface area contributed by atoms with Crippen molar-refractivity contribution in [2.75, 3.05) is 13.2 Å². The molecule has 3 heteroatoms. The van der Waals surface area contributed by atoms with E-state index in [1.807, 2.05) is 0 Å². The van der Waals surface area contributed by atoms with E-state index < -0.39 is 0 Å². The third-order valence-electron chi connectivity index (χ3n) is 1.75. The van der Waals surface area contributed by atoms with Crippen molar-refractivity contribution < 1.29 is 14.6 Å². The maximum Gasteiger partial charge on any atom is 0.333 e. The number of hydrogen-bond donors (Lipinski definition) is 1.